The van der Waals surface area contributed by atoms with Gasteiger partial charge in [0.15, 0.2) is 5.78 Å². The number of ketones is 1. The number of rotatable bonds is 3. The van der Waals surface area contributed by atoms with Crippen molar-refractivity contribution in [3.8, 4) is 0 Å². The molecule has 0 bridgehead atoms. The lowest BCUT2D eigenvalue weighted by atomic mass is 9.81. The van der Waals surface area contributed by atoms with Crippen molar-refractivity contribution >= 4 is 17.4 Å². The molecule has 4 nitrogen and oxygen atoms in total. The van der Waals surface area contributed by atoms with E-state index in [1.807, 2.05) is 13.0 Å². The van der Waals surface area contributed by atoms with Gasteiger partial charge in [0.2, 0.25) is 5.95 Å². The van der Waals surface area contributed by atoms with Gasteiger partial charge < -0.3 is 5.32 Å². The van der Waals surface area contributed by atoms with Gasteiger partial charge in [0.1, 0.15) is 5.82 Å². The van der Waals surface area contributed by atoms with Crippen LogP contribution in [0.2, 0.25) is 0 Å². The molecule has 1 aliphatic rings. The molecule has 0 unspecified atom stereocenters. The Kier molecular flexibility index (Phi) is 4.44. The number of carbonyl (C=O) groups is 1. The van der Waals surface area contributed by atoms with Gasteiger partial charge in [-0.15, -0.1) is 0 Å². The molecule has 0 spiro atoms. The highest BCUT2D eigenvalue weighted by Gasteiger charge is 2.30. The lowest BCUT2D eigenvalue weighted by Gasteiger charge is -2.25. The Morgan fingerprint density at radius 2 is 1.81 bits per heavy atom. The zero-order valence-electron chi connectivity index (χ0n) is 15.3. The SMILES string of the molecule is Cc1cccc([C@@H]2CC(=O)c3c(C)nc(Nc4ccc(F)cc4)nc3C2)c1. The molecular formula is C22H20FN3O. The van der Waals surface area contributed by atoms with E-state index in [-0.39, 0.29) is 17.5 Å². The van der Waals surface area contributed by atoms with Crippen molar-refractivity contribution in [2.45, 2.75) is 32.6 Å². The summed E-state index contributed by atoms with van der Waals surface area (Å²) in [5, 5.41) is 3.10. The number of nitrogens with one attached hydrogen (secondary N) is 1. The highest BCUT2D eigenvalue weighted by atomic mass is 19.1. The second-order valence-electron chi connectivity index (χ2n) is 7.03. The van der Waals surface area contributed by atoms with Crippen molar-refractivity contribution in [3.63, 3.8) is 0 Å². The molecule has 1 atom stereocenters. The van der Waals surface area contributed by atoms with Crippen LogP contribution in [0.4, 0.5) is 16.0 Å². The van der Waals surface area contributed by atoms with Crippen LogP contribution in [0.5, 0.6) is 0 Å². The summed E-state index contributed by atoms with van der Waals surface area (Å²) in [6.07, 6.45) is 1.18. The normalized spacial score (nSPS) is 16.1. The average molecular weight is 361 g/mol. The molecule has 1 heterocycles. The lowest BCUT2D eigenvalue weighted by Crippen LogP contribution is -2.22. The van der Waals surface area contributed by atoms with Crippen LogP contribution >= 0.6 is 0 Å². The summed E-state index contributed by atoms with van der Waals surface area (Å²) in [6, 6.07) is 14.3. The van der Waals surface area contributed by atoms with Crippen LogP contribution in [0.15, 0.2) is 48.5 Å². The van der Waals surface area contributed by atoms with Gasteiger partial charge in [-0.25, -0.2) is 14.4 Å². The summed E-state index contributed by atoms with van der Waals surface area (Å²) >= 11 is 0. The second-order valence-corrected chi connectivity index (χ2v) is 7.03. The van der Waals surface area contributed by atoms with Crippen LogP contribution in [0, 0.1) is 19.7 Å². The fourth-order valence-corrected chi connectivity index (χ4v) is 3.65. The summed E-state index contributed by atoms with van der Waals surface area (Å²) in [5.41, 5.74) is 5.14. The highest BCUT2D eigenvalue weighted by Crippen LogP contribution is 2.34. The number of nitrogens with zero attached hydrogens (tertiary/aromatic N) is 2. The van der Waals surface area contributed by atoms with Crippen LogP contribution in [-0.4, -0.2) is 15.8 Å². The molecule has 0 fully saturated rings. The van der Waals surface area contributed by atoms with Gasteiger partial charge in [-0.1, -0.05) is 29.8 Å². The van der Waals surface area contributed by atoms with E-state index in [1.165, 1.54) is 23.3 Å². The quantitative estimate of drug-likeness (QED) is 0.722. The van der Waals surface area contributed by atoms with Gasteiger partial charge in [-0.05, 0) is 56.0 Å². The third kappa shape index (κ3) is 3.58. The van der Waals surface area contributed by atoms with Crippen molar-refractivity contribution in [2.75, 3.05) is 5.32 Å². The molecular weight excluding hydrogens is 341 g/mol. The number of carbonyl (C=O) groups excluding carboxylic acids is 1. The first-order valence-corrected chi connectivity index (χ1v) is 8.99. The van der Waals surface area contributed by atoms with E-state index in [4.69, 9.17) is 0 Å². The number of halogens is 1. The minimum atomic E-state index is -0.297. The second kappa shape index (κ2) is 6.91. The predicted octanol–water partition coefficient (Wildman–Crippen LogP) is 4.89. The molecule has 2 aromatic carbocycles. The predicted molar refractivity (Wildman–Crippen MR) is 103 cm³/mol. The van der Waals surface area contributed by atoms with Crippen LogP contribution < -0.4 is 5.32 Å². The zero-order valence-corrected chi connectivity index (χ0v) is 15.3. The van der Waals surface area contributed by atoms with Crippen molar-refractivity contribution in [2.24, 2.45) is 0 Å². The molecule has 0 aliphatic heterocycles. The molecule has 1 N–H and O–H groups in total. The van der Waals surface area contributed by atoms with Gasteiger partial charge in [0.25, 0.3) is 0 Å². The first-order chi connectivity index (χ1) is 13.0. The van der Waals surface area contributed by atoms with Crippen molar-refractivity contribution < 1.29 is 9.18 Å². The molecule has 136 valence electrons. The van der Waals surface area contributed by atoms with Crippen LogP contribution in [0.25, 0.3) is 0 Å². The van der Waals surface area contributed by atoms with E-state index < -0.39 is 0 Å². The van der Waals surface area contributed by atoms with E-state index in [1.54, 1.807) is 12.1 Å². The Labute approximate surface area is 157 Å². The monoisotopic (exact) mass is 361 g/mol. The molecule has 1 aliphatic carbocycles. The summed E-state index contributed by atoms with van der Waals surface area (Å²) in [5.74, 6) is 0.344. The minimum absolute atomic E-state index is 0.0913. The number of Topliss-reactive ketones (excluding diaryl/α,β-unsaturated/α-hetero) is 1. The fraction of sp³-hybridized carbons (Fsp3) is 0.227. The molecule has 3 aromatic rings. The lowest BCUT2D eigenvalue weighted by molar-refractivity contribution is 0.0962. The average Bonchev–Trinajstić information content (AvgIpc) is 2.63. The third-order valence-corrected chi connectivity index (χ3v) is 4.93. The number of hydrogen-bond acceptors (Lipinski definition) is 4. The smallest absolute Gasteiger partial charge is 0.227 e. The van der Waals surface area contributed by atoms with Gasteiger partial charge in [-0.2, -0.15) is 0 Å². The number of hydrogen-bond donors (Lipinski definition) is 1. The van der Waals surface area contributed by atoms with Gasteiger partial charge >= 0.3 is 0 Å². The first-order valence-electron chi connectivity index (χ1n) is 8.99. The molecule has 4 rings (SSSR count). The van der Waals surface area contributed by atoms with E-state index in [0.717, 1.165) is 5.69 Å². The summed E-state index contributed by atoms with van der Waals surface area (Å²) < 4.78 is 13.1. The Morgan fingerprint density at radius 3 is 2.56 bits per heavy atom. The third-order valence-electron chi connectivity index (χ3n) is 4.93. The summed E-state index contributed by atoms with van der Waals surface area (Å²) in [6.45, 7) is 3.89. The fourth-order valence-electron chi connectivity index (χ4n) is 3.65. The minimum Gasteiger partial charge on any atom is -0.324 e. The Hall–Kier alpha value is -3.08. The van der Waals surface area contributed by atoms with Crippen LogP contribution in [-0.2, 0) is 6.42 Å². The number of fused-ring (bicyclic) bond motifs is 1. The largest absolute Gasteiger partial charge is 0.324 e. The van der Waals surface area contributed by atoms with E-state index in [2.05, 4.69) is 40.4 Å². The topological polar surface area (TPSA) is 54.9 Å². The number of benzene rings is 2. The maximum absolute atomic E-state index is 13.1. The summed E-state index contributed by atoms with van der Waals surface area (Å²) in [7, 11) is 0. The molecule has 27 heavy (non-hydrogen) atoms. The Bertz CT molecular complexity index is 1010. The van der Waals surface area contributed by atoms with E-state index >= 15 is 0 Å². The van der Waals surface area contributed by atoms with Crippen LogP contribution in [0.1, 0.15) is 45.2 Å². The number of aryl methyl sites for hydroxylation is 2. The Morgan fingerprint density at radius 1 is 1.04 bits per heavy atom. The van der Waals surface area contributed by atoms with Crippen LogP contribution in [0.3, 0.4) is 0 Å². The standard InChI is InChI=1S/C22H20FN3O/c1-13-4-3-5-15(10-13)16-11-19-21(20(27)12-16)14(2)24-22(26-19)25-18-8-6-17(23)7-9-18/h3-10,16H,11-12H2,1-2H3,(H,24,25,26)/t16-/m0/s1. The van der Waals surface area contributed by atoms with Crippen molar-refractivity contribution in [3.05, 3.63) is 82.4 Å². The molecule has 0 saturated carbocycles. The van der Waals surface area contributed by atoms with E-state index in [9.17, 15) is 9.18 Å². The first kappa shape index (κ1) is 17.3. The Balaban J connectivity index is 1.66. The van der Waals surface area contributed by atoms with Crippen molar-refractivity contribution in [1.82, 2.24) is 9.97 Å². The molecule has 0 radical (unpaired) electrons. The molecule has 0 saturated heterocycles. The van der Waals surface area contributed by atoms with Crippen molar-refractivity contribution in [1.29, 1.82) is 0 Å². The number of aromatic nitrogens is 2. The molecule has 5 heteroatoms. The van der Waals surface area contributed by atoms with E-state index in [0.29, 0.717) is 35.7 Å². The van der Waals surface area contributed by atoms with Gasteiger partial charge in [0.05, 0.1) is 17.0 Å². The zero-order chi connectivity index (χ0) is 19.0. The summed E-state index contributed by atoms with van der Waals surface area (Å²) in [4.78, 5) is 21.8. The number of anilines is 2. The van der Waals surface area contributed by atoms with Gasteiger partial charge in [0, 0.05) is 12.1 Å². The maximum atomic E-state index is 13.1. The molecule has 0 amide bonds. The maximum Gasteiger partial charge on any atom is 0.227 e. The highest BCUT2D eigenvalue weighted by molar-refractivity contribution is 5.99. The molecule has 1 aromatic heterocycles. The van der Waals surface area contributed by atoms with Gasteiger partial charge in [-0.3, -0.25) is 4.79 Å².